The number of esters is 2. The van der Waals surface area contributed by atoms with Crippen LogP contribution < -0.4 is 37.7 Å². The number of aromatic nitrogens is 4. The van der Waals surface area contributed by atoms with Gasteiger partial charge in [0.2, 0.25) is 5.60 Å². The summed E-state index contributed by atoms with van der Waals surface area (Å²) in [7, 11) is 5.31. The maximum Gasteiger partial charge on any atom is 0.355 e. The molecule has 9 rings (SSSR count). The number of oxime groups is 1. The number of aryl methyl sites for hydroxylation is 1. The summed E-state index contributed by atoms with van der Waals surface area (Å²) < 4.78 is 20.8. The van der Waals surface area contributed by atoms with Crippen molar-refractivity contribution in [2.45, 2.75) is 74.5 Å². The van der Waals surface area contributed by atoms with E-state index in [0.29, 0.717) is 38.9 Å². The van der Waals surface area contributed by atoms with E-state index in [9.17, 15) is 19.2 Å². The molecule has 0 radical (unpaired) electrons. The first-order valence-electron chi connectivity index (χ1n) is 24.4. The van der Waals surface area contributed by atoms with Crippen molar-refractivity contribution >= 4 is 80.9 Å². The van der Waals surface area contributed by atoms with Crippen molar-refractivity contribution in [2.24, 2.45) is 12.2 Å². The molecule has 2 aliphatic heterocycles. The van der Waals surface area contributed by atoms with Crippen molar-refractivity contribution in [3.05, 3.63) is 178 Å². The summed E-state index contributed by atoms with van der Waals surface area (Å²) >= 11 is 4.06. The number of nitrogens with zero attached hydrogens (tertiary/aromatic N) is 6. The average molecular weight is 1120 g/mol. The Balaban J connectivity index is 0.00000784. The monoisotopic (exact) mass is 1120 g/mol. The molecule has 3 N–H and O–H groups in total. The predicted octanol–water partition coefficient (Wildman–Crippen LogP) is 5.10. The number of thiazole rings is 1. The van der Waals surface area contributed by atoms with Crippen molar-refractivity contribution < 1.29 is 55.2 Å². The van der Waals surface area contributed by atoms with E-state index < -0.39 is 51.9 Å². The van der Waals surface area contributed by atoms with Gasteiger partial charge in [0.25, 0.3) is 22.6 Å². The summed E-state index contributed by atoms with van der Waals surface area (Å²) in [4.78, 5) is 74.3. The summed E-state index contributed by atoms with van der Waals surface area (Å²) in [5.41, 5.74) is 1.53. The van der Waals surface area contributed by atoms with Crippen LogP contribution in [0.5, 0.6) is 5.75 Å². The molecule has 4 aromatic carbocycles. The minimum absolute atomic E-state index is 0. The fourth-order valence-electron chi connectivity index (χ4n) is 8.63. The molecule has 0 aliphatic carbocycles. The minimum Gasteiger partial charge on any atom is -1.00 e. The summed E-state index contributed by atoms with van der Waals surface area (Å²) in [5, 5.41) is 16.1. The summed E-state index contributed by atoms with van der Waals surface area (Å²) in [5.74, 6) is -0.794. The molecule has 3 aromatic heterocycles. The summed E-state index contributed by atoms with van der Waals surface area (Å²) in [6.45, 7) is 8.12. The van der Waals surface area contributed by atoms with Crippen LogP contribution in [0.15, 0.2) is 161 Å². The molecule has 0 bridgehead atoms. The average Bonchev–Trinajstić information content (AvgIpc) is 4.09. The van der Waals surface area contributed by atoms with Crippen LogP contribution in [0.2, 0.25) is 0 Å². The highest BCUT2D eigenvalue weighted by molar-refractivity contribution is 8.01. The number of halogens is 1. The number of methoxy groups -OCH3 is 1. The molecule has 2 amide bonds. The molecule has 17 nitrogen and oxygen atoms in total. The van der Waals surface area contributed by atoms with Crippen LogP contribution in [0.3, 0.4) is 0 Å². The Morgan fingerprint density at radius 2 is 1.51 bits per heavy atom. The van der Waals surface area contributed by atoms with E-state index in [4.69, 9.17) is 29.0 Å². The summed E-state index contributed by atoms with van der Waals surface area (Å²) in [6.07, 6.45) is 3.84. The molecule has 400 valence electrons. The number of benzene rings is 4. The molecule has 7 aromatic rings. The Morgan fingerprint density at radius 3 is 2.09 bits per heavy atom. The third kappa shape index (κ3) is 11.9. The van der Waals surface area contributed by atoms with E-state index >= 15 is 0 Å². The van der Waals surface area contributed by atoms with Crippen molar-refractivity contribution in [1.82, 2.24) is 24.6 Å². The van der Waals surface area contributed by atoms with Crippen molar-refractivity contribution in [3.63, 3.8) is 0 Å². The molecule has 2 atom stereocenters. The zero-order valence-corrected chi connectivity index (χ0v) is 46.8. The smallest absolute Gasteiger partial charge is 0.355 e. The third-order valence-corrected chi connectivity index (χ3v) is 15.7. The maximum absolute atomic E-state index is 14.8. The van der Waals surface area contributed by atoms with Gasteiger partial charge in [0, 0.05) is 23.9 Å². The van der Waals surface area contributed by atoms with Crippen LogP contribution in [0.1, 0.15) is 62.6 Å². The van der Waals surface area contributed by atoms with Gasteiger partial charge in [-0.05, 0) is 74.6 Å². The van der Waals surface area contributed by atoms with Gasteiger partial charge in [-0.2, -0.15) is 9.38 Å². The molecule has 1 saturated heterocycles. The Kier molecular flexibility index (Phi) is 17.0. The first-order valence-corrected chi connectivity index (χ1v) is 27.3. The third-order valence-electron chi connectivity index (χ3n) is 12.6. The lowest BCUT2D eigenvalue weighted by molar-refractivity contribution is -0.644. The lowest BCUT2D eigenvalue weighted by Crippen LogP contribution is -3.00. The Labute approximate surface area is 465 Å². The van der Waals surface area contributed by atoms with Gasteiger partial charge in [-0.15, -0.1) is 23.1 Å². The normalized spacial score (nSPS) is 15.7. The minimum atomic E-state index is -1.66. The second-order valence-corrected chi connectivity index (χ2v) is 22.3. The Bertz CT molecular complexity index is 3240. The first kappa shape index (κ1) is 55.8. The first-order chi connectivity index (χ1) is 36.5. The Hall–Kier alpha value is -7.39. The van der Waals surface area contributed by atoms with Gasteiger partial charge in [-0.25, -0.2) is 19.1 Å². The van der Waals surface area contributed by atoms with Crippen molar-refractivity contribution in [2.75, 3.05) is 36.3 Å². The number of hydrogen-bond acceptors (Lipinski definition) is 16. The second-order valence-electron chi connectivity index (χ2n) is 19.4. The molecule has 21 heteroatoms. The lowest BCUT2D eigenvalue weighted by atomic mass is 9.77. The number of carbonyl (C=O) groups is 4. The van der Waals surface area contributed by atoms with Crippen LogP contribution in [-0.2, 0) is 52.7 Å². The van der Waals surface area contributed by atoms with Gasteiger partial charge in [0.1, 0.15) is 64.5 Å². The number of fused-ring (bicyclic) bond motifs is 2. The van der Waals surface area contributed by atoms with Crippen molar-refractivity contribution in [3.8, 4) is 5.75 Å². The van der Waals surface area contributed by atoms with E-state index in [1.807, 2.05) is 125 Å². The number of carbonyl (C=O) groups excluding carboxylic acids is 4. The number of hydrogen-bond donors (Lipinski definition) is 3. The SMILES string of the molecule is CNc1cc2n(cc[n+]2C)c(SCC2=C(C(=O)OCc3ccc(OC)cc3)N3C(=O)C(NC(=O)/C(=N\OC(C)(C)C(=O)OC(C)(C)C)c4csc(NC(c5ccccc5)(c5ccccc5)c5ccccc5)n4)C3SC2)n1.[Cl-]. The number of anilines is 2. The number of nitrogens with one attached hydrogen (secondary N) is 3. The van der Waals surface area contributed by atoms with Crippen LogP contribution >= 0.6 is 34.9 Å². The van der Waals surface area contributed by atoms with Crippen LogP contribution in [0, 0.1) is 0 Å². The Morgan fingerprint density at radius 1 is 0.883 bits per heavy atom. The van der Waals surface area contributed by atoms with Gasteiger partial charge in [-0.3, -0.25) is 14.5 Å². The molecule has 2 aliphatic rings. The molecule has 0 spiro atoms. The number of imidazole rings is 1. The fourth-order valence-corrected chi connectivity index (χ4v) is 11.9. The van der Waals surface area contributed by atoms with Gasteiger partial charge >= 0.3 is 11.9 Å². The van der Waals surface area contributed by atoms with Gasteiger partial charge in [-0.1, -0.05) is 120 Å². The van der Waals surface area contributed by atoms with Crippen LogP contribution in [0.4, 0.5) is 10.9 Å². The van der Waals surface area contributed by atoms with E-state index in [0.717, 1.165) is 27.9 Å². The topological polar surface area (TPSA) is 191 Å². The maximum atomic E-state index is 14.8. The number of amides is 2. The molecule has 5 heterocycles. The molecular formula is C56H58ClN9O8S3. The number of rotatable bonds is 19. The zero-order valence-electron chi connectivity index (χ0n) is 43.6. The predicted molar refractivity (Wildman–Crippen MR) is 294 cm³/mol. The largest absolute Gasteiger partial charge is 1.00 e. The fraction of sp³-hybridized carbons (Fsp3) is 0.286. The molecule has 77 heavy (non-hydrogen) atoms. The van der Waals surface area contributed by atoms with Gasteiger partial charge in [0.15, 0.2) is 10.8 Å². The summed E-state index contributed by atoms with van der Waals surface area (Å²) in [6, 6.07) is 38.0. The zero-order chi connectivity index (χ0) is 53.8. The highest BCUT2D eigenvalue weighted by Gasteiger charge is 2.55. The van der Waals surface area contributed by atoms with Gasteiger partial charge in [0.05, 0.1) is 20.2 Å². The van der Waals surface area contributed by atoms with Crippen LogP contribution in [0.25, 0.3) is 5.65 Å². The molecular weight excluding hydrogens is 1060 g/mol. The molecule has 2 unspecified atom stereocenters. The van der Waals surface area contributed by atoms with E-state index in [2.05, 4.69) is 21.1 Å². The van der Waals surface area contributed by atoms with E-state index in [1.54, 1.807) is 64.6 Å². The van der Waals surface area contributed by atoms with Gasteiger partial charge < -0.3 is 47.4 Å². The quantitative estimate of drug-likeness (QED) is 0.0142. The van der Waals surface area contributed by atoms with E-state index in [-0.39, 0.29) is 36.1 Å². The standard InChI is InChI=1S/C56H57N9O8S3.ClH/c1-54(2,3)72-51(69)55(4,5)73-62-44(41-34-75-52(58-41)61-56(37-18-12-9-13-19-37,38-20-14-10-15-21-38)39-22-16-11-17-23-39)47(66)60-45-48(67)65-46(50(68)71-31-35-24-26-40(70-8)27-25-35)36(32-74-49(45)65)33-76-53-59-42(57-6)30-43-63(7)28-29-64(43)53;/h9-30,34,45,49H,31-33H2,1-8H3,(H2,58,60,61,66);1H/b62-44-;. The lowest BCUT2D eigenvalue weighted by Gasteiger charge is -2.49. The van der Waals surface area contributed by atoms with Crippen LogP contribution in [-0.4, -0.2) is 97.0 Å². The molecule has 1 fully saturated rings. The number of β-lactam (4-membered cyclic amide) rings is 1. The second kappa shape index (κ2) is 23.5. The number of thioether (sulfide) groups is 2. The number of ether oxygens (including phenoxy) is 3. The van der Waals surface area contributed by atoms with E-state index in [1.165, 1.54) is 53.6 Å². The molecule has 0 saturated carbocycles. The van der Waals surface area contributed by atoms with Crippen molar-refractivity contribution in [1.29, 1.82) is 0 Å². The highest BCUT2D eigenvalue weighted by Crippen LogP contribution is 2.43. The highest BCUT2D eigenvalue weighted by atomic mass is 35.5.